The molecule has 7 heteroatoms. The van der Waals surface area contributed by atoms with E-state index in [1.54, 1.807) is 23.1 Å². The van der Waals surface area contributed by atoms with Crippen LogP contribution in [0.4, 0.5) is 10.5 Å². The Morgan fingerprint density at radius 2 is 2.05 bits per heavy atom. The summed E-state index contributed by atoms with van der Waals surface area (Å²) in [4.78, 5) is 14.1. The summed E-state index contributed by atoms with van der Waals surface area (Å²) >= 11 is 12.0. The van der Waals surface area contributed by atoms with Gasteiger partial charge in [-0.25, -0.2) is 4.79 Å². The van der Waals surface area contributed by atoms with Crippen molar-refractivity contribution in [3.05, 3.63) is 28.2 Å². The lowest BCUT2D eigenvalue weighted by Gasteiger charge is -2.38. The van der Waals surface area contributed by atoms with E-state index in [9.17, 15) is 4.79 Å². The van der Waals surface area contributed by atoms with E-state index in [2.05, 4.69) is 5.32 Å². The Morgan fingerprint density at radius 1 is 1.29 bits per heavy atom. The molecule has 1 aromatic rings. The predicted molar refractivity (Wildman–Crippen MR) is 80.9 cm³/mol. The third kappa shape index (κ3) is 3.26. The zero-order valence-electron chi connectivity index (χ0n) is 11.4. The lowest BCUT2D eigenvalue weighted by atomic mass is 10.1. The van der Waals surface area contributed by atoms with E-state index < -0.39 is 5.79 Å². The van der Waals surface area contributed by atoms with Gasteiger partial charge < -0.3 is 19.7 Å². The second-order valence-electron chi connectivity index (χ2n) is 5.19. The summed E-state index contributed by atoms with van der Waals surface area (Å²) in [6.07, 6.45) is 1.66. The molecule has 0 unspecified atom stereocenters. The van der Waals surface area contributed by atoms with E-state index in [0.29, 0.717) is 42.0 Å². The summed E-state index contributed by atoms with van der Waals surface area (Å²) in [6, 6.07) is 4.73. The first kappa shape index (κ1) is 14.9. The molecule has 0 aliphatic carbocycles. The minimum atomic E-state index is -0.631. The lowest BCUT2D eigenvalue weighted by Crippen LogP contribution is -2.52. The van der Waals surface area contributed by atoms with Crippen molar-refractivity contribution in [2.24, 2.45) is 0 Å². The molecule has 0 aromatic heterocycles. The van der Waals surface area contributed by atoms with E-state index in [0.717, 1.165) is 12.8 Å². The molecule has 0 saturated carbocycles. The quantitative estimate of drug-likeness (QED) is 0.858. The maximum atomic E-state index is 12.4. The summed E-state index contributed by atoms with van der Waals surface area (Å²) in [5.74, 6) is -0.631. The Kier molecular flexibility index (Phi) is 4.26. The zero-order valence-corrected chi connectivity index (χ0v) is 12.9. The molecule has 3 rings (SSSR count). The van der Waals surface area contributed by atoms with Gasteiger partial charge in [-0.2, -0.15) is 0 Å². The smallest absolute Gasteiger partial charge is 0.322 e. The molecule has 2 fully saturated rings. The van der Waals surface area contributed by atoms with Gasteiger partial charge in [0.25, 0.3) is 0 Å². The fourth-order valence-corrected chi connectivity index (χ4v) is 3.02. The van der Waals surface area contributed by atoms with Crippen LogP contribution in [0.15, 0.2) is 18.2 Å². The highest BCUT2D eigenvalue weighted by molar-refractivity contribution is 6.35. The third-order valence-electron chi connectivity index (χ3n) is 3.69. The molecule has 2 aliphatic rings. The number of nitrogens with one attached hydrogen (secondary N) is 1. The Morgan fingerprint density at radius 3 is 2.81 bits per heavy atom. The van der Waals surface area contributed by atoms with Crippen LogP contribution in [0.3, 0.4) is 0 Å². The molecule has 2 aliphatic heterocycles. The van der Waals surface area contributed by atoms with Gasteiger partial charge in [-0.15, -0.1) is 0 Å². The summed E-state index contributed by atoms with van der Waals surface area (Å²) in [5.41, 5.74) is 0.502. The number of urea groups is 1. The van der Waals surface area contributed by atoms with Crippen molar-refractivity contribution in [2.75, 3.05) is 31.6 Å². The van der Waals surface area contributed by atoms with Crippen LogP contribution in [0, 0.1) is 0 Å². The predicted octanol–water partition coefficient (Wildman–Crippen LogP) is 3.36. The molecule has 2 heterocycles. The first-order valence-electron chi connectivity index (χ1n) is 6.87. The molecule has 21 heavy (non-hydrogen) atoms. The molecule has 1 N–H and O–H groups in total. The van der Waals surface area contributed by atoms with Crippen molar-refractivity contribution in [3.8, 4) is 0 Å². The fraction of sp³-hybridized carbons (Fsp3) is 0.500. The molecule has 1 aromatic carbocycles. The van der Waals surface area contributed by atoms with Crippen molar-refractivity contribution < 1.29 is 14.3 Å². The normalized spacial score (nSPS) is 20.8. The maximum Gasteiger partial charge on any atom is 0.322 e. The van der Waals surface area contributed by atoms with Crippen molar-refractivity contribution >= 4 is 34.9 Å². The second kappa shape index (κ2) is 6.01. The third-order valence-corrected chi connectivity index (χ3v) is 4.25. The number of rotatable bonds is 1. The molecule has 2 saturated heterocycles. The summed E-state index contributed by atoms with van der Waals surface area (Å²) < 4.78 is 11.3. The molecular formula is C14H16Cl2N2O3. The van der Waals surface area contributed by atoms with Gasteiger partial charge in [0.2, 0.25) is 0 Å². The molecule has 1 spiro atoms. The number of piperidine rings is 1. The van der Waals surface area contributed by atoms with Gasteiger partial charge in [-0.3, -0.25) is 0 Å². The number of amides is 2. The van der Waals surface area contributed by atoms with Crippen molar-refractivity contribution in [1.29, 1.82) is 0 Å². The number of carbonyl (C=O) groups is 1. The Labute approximate surface area is 133 Å². The topological polar surface area (TPSA) is 50.8 Å². The summed E-state index contributed by atoms with van der Waals surface area (Å²) in [7, 11) is 0. The number of likely N-dealkylation sites (tertiary alicyclic amines) is 1. The van der Waals surface area contributed by atoms with Gasteiger partial charge in [0.1, 0.15) is 0 Å². The summed E-state index contributed by atoms with van der Waals surface area (Å²) in [5, 5.41) is 3.76. The number of halogens is 2. The van der Waals surface area contributed by atoms with Crippen LogP contribution >= 0.6 is 23.2 Å². The van der Waals surface area contributed by atoms with Crippen LogP contribution in [0.5, 0.6) is 0 Å². The number of carbonyl (C=O) groups excluding carboxylic acids is 1. The number of anilines is 1. The van der Waals surface area contributed by atoms with Crippen molar-refractivity contribution in [3.63, 3.8) is 0 Å². The molecule has 5 nitrogen and oxygen atoms in total. The SMILES string of the molecule is O=C(Nc1cc(Cl)ccc1Cl)N1CCCC2(C1)OCCO2. The molecular weight excluding hydrogens is 315 g/mol. The van der Waals surface area contributed by atoms with Gasteiger partial charge in [-0.1, -0.05) is 23.2 Å². The fourth-order valence-electron chi connectivity index (χ4n) is 2.68. The van der Waals surface area contributed by atoms with Crippen LogP contribution < -0.4 is 5.32 Å². The first-order valence-corrected chi connectivity index (χ1v) is 7.62. The van der Waals surface area contributed by atoms with Gasteiger partial charge in [0.15, 0.2) is 5.79 Å². The first-order chi connectivity index (χ1) is 10.1. The zero-order chi connectivity index (χ0) is 14.9. The Balaban J connectivity index is 1.68. The number of nitrogens with zero attached hydrogens (tertiary/aromatic N) is 1. The highest BCUT2D eigenvalue weighted by Crippen LogP contribution is 2.31. The van der Waals surface area contributed by atoms with Crippen LogP contribution in [-0.2, 0) is 9.47 Å². The lowest BCUT2D eigenvalue weighted by molar-refractivity contribution is -0.182. The Hall–Kier alpha value is -1.01. The average Bonchev–Trinajstić information content (AvgIpc) is 2.91. The molecule has 0 bridgehead atoms. The van der Waals surface area contributed by atoms with Crippen molar-refractivity contribution in [1.82, 2.24) is 4.90 Å². The van der Waals surface area contributed by atoms with Crippen LogP contribution in [-0.4, -0.2) is 43.0 Å². The monoisotopic (exact) mass is 330 g/mol. The maximum absolute atomic E-state index is 12.4. The molecule has 2 amide bonds. The van der Waals surface area contributed by atoms with Crippen LogP contribution in [0.2, 0.25) is 10.0 Å². The van der Waals surface area contributed by atoms with E-state index >= 15 is 0 Å². The van der Waals surface area contributed by atoms with E-state index in [4.69, 9.17) is 32.7 Å². The number of hydrogen-bond donors (Lipinski definition) is 1. The molecule has 0 atom stereocenters. The second-order valence-corrected chi connectivity index (χ2v) is 6.03. The highest BCUT2D eigenvalue weighted by Gasteiger charge is 2.42. The van der Waals surface area contributed by atoms with Crippen molar-refractivity contribution in [2.45, 2.75) is 18.6 Å². The van der Waals surface area contributed by atoms with Gasteiger partial charge in [0.05, 0.1) is 30.5 Å². The minimum absolute atomic E-state index is 0.225. The number of hydrogen-bond acceptors (Lipinski definition) is 3. The largest absolute Gasteiger partial charge is 0.346 e. The van der Waals surface area contributed by atoms with E-state index in [1.165, 1.54) is 0 Å². The Bertz CT molecular complexity index is 547. The van der Waals surface area contributed by atoms with E-state index in [1.807, 2.05) is 0 Å². The number of benzene rings is 1. The molecule has 0 radical (unpaired) electrons. The average molecular weight is 331 g/mol. The van der Waals surface area contributed by atoms with E-state index in [-0.39, 0.29) is 6.03 Å². The van der Waals surface area contributed by atoms with Crippen LogP contribution in [0.1, 0.15) is 12.8 Å². The van der Waals surface area contributed by atoms with Crippen LogP contribution in [0.25, 0.3) is 0 Å². The van der Waals surface area contributed by atoms with Gasteiger partial charge in [-0.05, 0) is 24.6 Å². The molecule has 114 valence electrons. The van der Waals surface area contributed by atoms with Gasteiger partial charge in [0, 0.05) is 18.0 Å². The highest BCUT2D eigenvalue weighted by atomic mass is 35.5. The van der Waals surface area contributed by atoms with Gasteiger partial charge >= 0.3 is 6.03 Å². The standard InChI is InChI=1S/C14H16Cl2N2O3/c15-10-2-3-11(16)12(8-10)17-13(19)18-5-1-4-14(9-18)20-6-7-21-14/h2-3,8H,1,4-7,9H2,(H,17,19). The number of ether oxygens (including phenoxy) is 2. The minimum Gasteiger partial charge on any atom is -0.346 e. The summed E-state index contributed by atoms with van der Waals surface area (Å²) in [6.45, 7) is 2.25.